The molecule has 0 saturated carbocycles. The Morgan fingerprint density at radius 2 is 1.49 bits per heavy atom. The number of methoxy groups -OCH3 is 2. The number of ether oxygens (including phenoxy) is 2. The fourth-order valence-electron chi connectivity index (χ4n) is 4.35. The van der Waals surface area contributed by atoms with Crippen LogP contribution in [-0.4, -0.2) is 76.6 Å². The van der Waals surface area contributed by atoms with Gasteiger partial charge >= 0.3 is 0 Å². The number of amides is 2. The number of benzene rings is 2. The molecule has 5 rings (SSSR count). The summed E-state index contributed by atoms with van der Waals surface area (Å²) >= 11 is 0. The number of halogens is 2. The molecule has 2 amide bonds. The Morgan fingerprint density at radius 1 is 0.838 bits per heavy atom. The monoisotopic (exact) mass is 507 g/mol. The van der Waals surface area contributed by atoms with Gasteiger partial charge in [-0.3, -0.25) is 9.59 Å². The number of rotatable bonds is 5. The van der Waals surface area contributed by atoms with Crippen molar-refractivity contribution in [1.82, 2.24) is 24.4 Å². The van der Waals surface area contributed by atoms with Gasteiger partial charge in [-0.25, -0.2) is 18.3 Å². The number of hydrogen-bond acceptors (Lipinski definition) is 6. The topological polar surface area (TPSA) is 89.3 Å². The summed E-state index contributed by atoms with van der Waals surface area (Å²) in [4.78, 5) is 33.1. The van der Waals surface area contributed by atoms with E-state index >= 15 is 0 Å². The highest BCUT2D eigenvalue weighted by Crippen LogP contribution is 2.32. The van der Waals surface area contributed by atoms with Crippen LogP contribution in [0.3, 0.4) is 0 Å². The highest BCUT2D eigenvalue weighted by Gasteiger charge is 2.29. The van der Waals surface area contributed by atoms with E-state index in [1.807, 2.05) is 12.1 Å². The van der Waals surface area contributed by atoms with E-state index in [-0.39, 0.29) is 37.8 Å². The highest BCUT2D eigenvalue weighted by molar-refractivity contribution is 5.96. The zero-order valence-electron chi connectivity index (χ0n) is 20.1. The Bertz CT molecular complexity index is 1480. The third kappa shape index (κ3) is 4.44. The van der Waals surface area contributed by atoms with Crippen molar-refractivity contribution in [1.29, 1.82) is 0 Å². The SMILES string of the molecule is COc1ccc(-c2ccnc3cc(C(=O)N4CCN(C(=O)c5c(F)cccc5F)CC4)nn23)cc1OC. The second kappa shape index (κ2) is 9.84. The maximum absolute atomic E-state index is 14.0. The lowest BCUT2D eigenvalue weighted by molar-refractivity contribution is 0.0526. The van der Waals surface area contributed by atoms with Gasteiger partial charge in [0, 0.05) is 44.0 Å². The first-order valence-electron chi connectivity index (χ1n) is 11.5. The molecular weight excluding hydrogens is 484 g/mol. The summed E-state index contributed by atoms with van der Waals surface area (Å²) in [6.45, 7) is 0.677. The number of aromatic nitrogens is 3. The van der Waals surface area contributed by atoms with E-state index < -0.39 is 23.1 Å². The van der Waals surface area contributed by atoms with Gasteiger partial charge in [-0.05, 0) is 36.4 Å². The molecule has 37 heavy (non-hydrogen) atoms. The molecule has 0 atom stereocenters. The highest BCUT2D eigenvalue weighted by atomic mass is 19.1. The molecule has 0 bridgehead atoms. The van der Waals surface area contributed by atoms with Crippen LogP contribution in [0, 0.1) is 11.6 Å². The van der Waals surface area contributed by atoms with Crippen LogP contribution in [0.25, 0.3) is 16.9 Å². The van der Waals surface area contributed by atoms with E-state index in [1.165, 1.54) is 11.0 Å². The average molecular weight is 507 g/mol. The lowest BCUT2D eigenvalue weighted by atomic mass is 10.1. The molecule has 1 aliphatic rings. The van der Waals surface area contributed by atoms with Crippen LogP contribution in [0.1, 0.15) is 20.8 Å². The van der Waals surface area contributed by atoms with Crippen molar-refractivity contribution in [2.45, 2.75) is 0 Å². The zero-order chi connectivity index (χ0) is 26.1. The molecule has 9 nitrogen and oxygen atoms in total. The lowest BCUT2D eigenvalue weighted by Crippen LogP contribution is -2.51. The lowest BCUT2D eigenvalue weighted by Gasteiger charge is -2.34. The molecule has 3 heterocycles. The largest absolute Gasteiger partial charge is 0.493 e. The molecule has 190 valence electrons. The van der Waals surface area contributed by atoms with Crippen molar-refractivity contribution in [3.05, 3.63) is 77.6 Å². The molecule has 2 aromatic carbocycles. The van der Waals surface area contributed by atoms with Crippen LogP contribution in [0.5, 0.6) is 11.5 Å². The van der Waals surface area contributed by atoms with E-state index in [0.717, 1.165) is 17.7 Å². The van der Waals surface area contributed by atoms with Gasteiger partial charge in [0.2, 0.25) is 0 Å². The van der Waals surface area contributed by atoms with Crippen LogP contribution in [0.2, 0.25) is 0 Å². The second-order valence-corrected chi connectivity index (χ2v) is 8.38. The molecule has 0 spiro atoms. The second-order valence-electron chi connectivity index (χ2n) is 8.38. The van der Waals surface area contributed by atoms with Crippen molar-refractivity contribution in [3.8, 4) is 22.8 Å². The van der Waals surface area contributed by atoms with Crippen molar-refractivity contribution in [2.75, 3.05) is 40.4 Å². The summed E-state index contributed by atoms with van der Waals surface area (Å²) in [5.74, 6) is -1.75. The van der Waals surface area contributed by atoms with Gasteiger partial charge in [0.15, 0.2) is 22.8 Å². The fourth-order valence-corrected chi connectivity index (χ4v) is 4.35. The Morgan fingerprint density at radius 3 is 2.14 bits per heavy atom. The molecule has 0 N–H and O–H groups in total. The fraction of sp³-hybridized carbons (Fsp3) is 0.231. The average Bonchev–Trinajstić information content (AvgIpc) is 3.37. The molecule has 1 saturated heterocycles. The van der Waals surface area contributed by atoms with E-state index in [9.17, 15) is 18.4 Å². The normalized spacial score (nSPS) is 13.6. The minimum absolute atomic E-state index is 0.140. The molecular formula is C26H23F2N5O4. The molecule has 1 aliphatic heterocycles. The Kier molecular flexibility index (Phi) is 6.43. The standard InChI is InChI=1S/C26H23F2N5O4/c1-36-21-7-6-16(14-22(21)37-2)20-8-9-29-23-15-19(30-33(20)23)25(34)31-10-12-32(13-11-31)26(35)24-17(27)4-3-5-18(24)28/h3-9,14-15H,10-13H2,1-2H3. The Hall–Kier alpha value is -4.54. The molecule has 0 aliphatic carbocycles. The number of nitrogens with zero attached hydrogens (tertiary/aromatic N) is 5. The summed E-state index contributed by atoms with van der Waals surface area (Å²) in [7, 11) is 3.11. The van der Waals surface area contributed by atoms with Gasteiger partial charge in [-0.1, -0.05) is 6.07 Å². The van der Waals surface area contributed by atoms with Crippen LogP contribution in [0.4, 0.5) is 8.78 Å². The molecule has 11 heteroatoms. The predicted octanol–water partition coefficient (Wildman–Crippen LogP) is 3.29. The number of carbonyl (C=O) groups is 2. The number of fused-ring (bicyclic) bond motifs is 1. The first-order chi connectivity index (χ1) is 17.9. The van der Waals surface area contributed by atoms with Gasteiger partial charge in [-0.15, -0.1) is 0 Å². The molecule has 0 unspecified atom stereocenters. The van der Waals surface area contributed by atoms with Crippen molar-refractivity contribution >= 4 is 17.5 Å². The minimum atomic E-state index is -0.911. The van der Waals surface area contributed by atoms with Gasteiger partial charge < -0.3 is 19.3 Å². The maximum Gasteiger partial charge on any atom is 0.274 e. The molecule has 0 radical (unpaired) electrons. The zero-order valence-corrected chi connectivity index (χ0v) is 20.1. The predicted molar refractivity (Wildman–Crippen MR) is 130 cm³/mol. The van der Waals surface area contributed by atoms with Crippen LogP contribution in [-0.2, 0) is 0 Å². The van der Waals surface area contributed by atoms with Crippen LogP contribution < -0.4 is 9.47 Å². The van der Waals surface area contributed by atoms with E-state index in [1.54, 1.807) is 48.0 Å². The molecule has 4 aromatic rings. The summed E-state index contributed by atoms with van der Waals surface area (Å²) in [5, 5.41) is 4.50. The molecule has 1 fully saturated rings. The third-order valence-electron chi connectivity index (χ3n) is 6.29. The number of hydrogen-bond donors (Lipinski definition) is 0. The first-order valence-corrected chi connectivity index (χ1v) is 11.5. The van der Waals surface area contributed by atoms with E-state index in [2.05, 4.69) is 10.1 Å². The number of carbonyl (C=O) groups excluding carboxylic acids is 2. The first kappa shape index (κ1) is 24.2. The van der Waals surface area contributed by atoms with Gasteiger partial charge in [0.05, 0.1) is 19.9 Å². The van der Waals surface area contributed by atoms with Gasteiger partial charge in [0.25, 0.3) is 11.8 Å². The van der Waals surface area contributed by atoms with Crippen molar-refractivity contribution < 1.29 is 27.8 Å². The quantitative estimate of drug-likeness (QED) is 0.412. The molecule has 2 aromatic heterocycles. The van der Waals surface area contributed by atoms with Crippen LogP contribution in [0.15, 0.2) is 54.7 Å². The van der Waals surface area contributed by atoms with E-state index in [4.69, 9.17) is 9.47 Å². The Balaban J connectivity index is 1.35. The van der Waals surface area contributed by atoms with E-state index in [0.29, 0.717) is 22.8 Å². The van der Waals surface area contributed by atoms with Crippen molar-refractivity contribution in [2.24, 2.45) is 0 Å². The third-order valence-corrected chi connectivity index (χ3v) is 6.29. The maximum atomic E-state index is 14.0. The smallest absolute Gasteiger partial charge is 0.274 e. The summed E-state index contributed by atoms with van der Waals surface area (Å²) in [6.07, 6.45) is 1.63. The summed E-state index contributed by atoms with van der Waals surface area (Å²) < 4.78 is 40.4. The van der Waals surface area contributed by atoms with Gasteiger partial charge in [0.1, 0.15) is 17.2 Å². The van der Waals surface area contributed by atoms with Crippen LogP contribution >= 0.6 is 0 Å². The summed E-state index contributed by atoms with van der Waals surface area (Å²) in [5.41, 5.74) is 1.59. The number of piperazine rings is 1. The minimum Gasteiger partial charge on any atom is -0.493 e. The van der Waals surface area contributed by atoms with Gasteiger partial charge in [-0.2, -0.15) is 5.10 Å². The van der Waals surface area contributed by atoms with Crippen molar-refractivity contribution in [3.63, 3.8) is 0 Å². The Labute approximate surface area is 210 Å². The summed E-state index contributed by atoms with van der Waals surface area (Å²) in [6, 6.07) is 12.1.